The van der Waals surface area contributed by atoms with Gasteiger partial charge in [0.15, 0.2) is 0 Å². The molecular formula is C14H20N2O. The van der Waals surface area contributed by atoms with E-state index < -0.39 is 0 Å². The van der Waals surface area contributed by atoms with Crippen molar-refractivity contribution in [1.82, 2.24) is 5.32 Å². The van der Waals surface area contributed by atoms with Gasteiger partial charge in [0.25, 0.3) is 0 Å². The van der Waals surface area contributed by atoms with Crippen LogP contribution < -0.4 is 10.6 Å². The summed E-state index contributed by atoms with van der Waals surface area (Å²) in [7, 11) is 1.92. The number of hydrogen-bond donors (Lipinski definition) is 2. The first kappa shape index (κ1) is 12.1. The third-order valence-electron chi connectivity index (χ3n) is 3.43. The van der Waals surface area contributed by atoms with Gasteiger partial charge in [-0.3, -0.25) is 4.79 Å². The van der Waals surface area contributed by atoms with Gasteiger partial charge in [0.2, 0.25) is 5.91 Å². The third-order valence-corrected chi connectivity index (χ3v) is 3.43. The molecule has 1 aliphatic rings. The zero-order valence-corrected chi connectivity index (χ0v) is 10.7. The molecule has 1 aliphatic carbocycles. The fourth-order valence-electron chi connectivity index (χ4n) is 2.05. The molecule has 0 saturated heterocycles. The molecule has 92 valence electrons. The molecule has 1 amide bonds. The predicted molar refractivity (Wildman–Crippen MR) is 69.7 cm³/mol. The summed E-state index contributed by atoms with van der Waals surface area (Å²) in [6, 6.07) is 7.98. The van der Waals surface area contributed by atoms with E-state index in [1.165, 1.54) is 5.56 Å². The van der Waals surface area contributed by atoms with Crippen molar-refractivity contribution in [3.63, 3.8) is 0 Å². The van der Waals surface area contributed by atoms with Gasteiger partial charge < -0.3 is 10.6 Å². The van der Waals surface area contributed by atoms with E-state index in [2.05, 4.69) is 24.5 Å². The first-order valence-corrected chi connectivity index (χ1v) is 6.07. The number of hydrogen-bond acceptors (Lipinski definition) is 2. The van der Waals surface area contributed by atoms with Crippen molar-refractivity contribution < 1.29 is 4.79 Å². The van der Waals surface area contributed by atoms with Gasteiger partial charge >= 0.3 is 0 Å². The minimum atomic E-state index is 0.149. The zero-order valence-electron chi connectivity index (χ0n) is 10.7. The van der Waals surface area contributed by atoms with Crippen molar-refractivity contribution in [2.45, 2.75) is 26.8 Å². The fourth-order valence-corrected chi connectivity index (χ4v) is 2.05. The van der Waals surface area contributed by atoms with E-state index in [1.54, 1.807) is 0 Å². The molecule has 1 unspecified atom stereocenters. The molecule has 3 heteroatoms. The van der Waals surface area contributed by atoms with Crippen LogP contribution in [0, 0.1) is 11.3 Å². The summed E-state index contributed by atoms with van der Waals surface area (Å²) in [5.74, 6) is 0.329. The number of benzene rings is 1. The number of rotatable bonds is 4. The Morgan fingerprint density at radius 3 is 2.41 bits per heavy atom. The molecule has 2 rings (SSSR count). The topological polar surface area (TPSA) is 41.1 Å². The van der Waals surface area contributed by atoms with E-state index in [0.717, 1.165) is 18.7 Å². The van der Waals surface area contributed by atoms with Gasteiger partial charge in [-0.05, 0) is 36.6 Å². The Labute approximate surface area is 103 Å². The number of amides is 1. The highest BCUT2D eigenvalue weighted by Gasteiger charge is 2.50. The summed E-state index contributed by atoms with van der Waals surface area (Å²) < 4.78 is 0. The molecule has 0 aromatic heterocycles. The van der Waals surface area contributed by atoms with E-state index in [0.29, 0.717) is 0 Å². The van der Waals surface area contributed by atoms with Crippen LogP contribution in [0.4, 0.5) is 5.69 Å². The Morgan fingerprint density at radius 1 is 1.35 bits per heavy atom. The molecule has 3 nitrogen and oxygen atoms in total. The largest absolute Gasteiger partial charge is 0.326 e. The Hall–Kier alpha value is -1.35. The lowest BCUT2D eigenvalue weighted by Gasteiger charge is -2.07. The van der Waals surface area contributed by atoms with Crippen molar-refractivity contribution in [3.8, 4) is 0 Å². The molecule has 1 saturated carbocycles. The van der Waals surface area contributed by atoms with Gasteiger partial charge in [0.1, 0.15) is 0 Å². The van der Waals surface area contributed by atoms with Crippen LogP contribution in [0.2, 0.25) is 0 Å². The van der Waals surface area contributed by atoms with Gasteiger partial charge in [-0.2, -0.15) is 0 Å². The number of nitrogens with one attached hydrogen (secondary N) is 2. The summed E-state index contributed by atoms with van der Waals surface area (Å²) >= 11 is 0. The minimum Gasteiger partial charge on any atom is -0.326 e. The average molecular weight is 232 g/mol. The van der Waals surface area contributed by atoms with E-state index in [1.807, 2.05) is 31.3 Å². The second-order valence-electron chi connectivity index (χ2n) is 5.46. The first-order valence-electron chi connectivity index (χ1n) is 6.07. The quantitative estimate of drug-likeness (QED) is 0.837. The summed E-state index contributed by atoms with van der Waals surface area (Å²) in [5.41, 5.74) is 2.30. The molecule has 0 aliphatic heterocycles. The fraction of sp³-hybridized carbons (Fsp3) is 0.500. The maximum atomic E-state index is 11.9. The van der Waals surface area contributed by atoms with Crippen molar-refractivity contribution in [3.05, 3.63) is 29.8 Å². The molecule has 0 radical (unpaired) electrons. The smallest absolute Gasteiger partial charge is 0.228 e. The monoisotopic (exact) mass is 232 g/mol. The van der Waals surface area contributed by atoms with Crippen LogP contribution >= 0.6 is 0 Å². The highest BCUT2D eigenvalue weighted by molar-refractivity contribution is 5.94. The lowest BCUT2D eigenvalue weighted by Crippen LogP contribution is -2.16. The highest BCUT2D eigenvalue weighted by Crippen LogP contribution is 2.51. The van der Waals surface area contributed by atoms with Gasteiger partial charge in [0, 0.05) is 18.2 Å². The Balaban J connectivity index is 1.93. The van der Waals surface area contributed by atoms with Crippen molar-refractivity contribution >= 4 is 11.6 Å². The molecule has 1 fully saturated rings. The van der Waals surface area contributed by atoms with Gasteiger partial charge in [-0.25, -0.2) is 0 Å². The standard InChI is InChI=1S/C14H20N2O/c1-14(2)8-12(14)13(17)16-11-6-4-10(5-7-11)9-15-3/h4-7,12,15H,8-9H2,1-3H3,(H,16,17). The molecule has 1 aromatic carbocycles. The van der Waals surface area contributed by atoms with Crippen LogP contribution in [0.1, 0.15) is 25.8 Å². The Morgan fingerprint density at radius 2 is 1.94 bits per heavy atom. The Bertz CT molecular complexity index is 409. The van der Waals surface area contributed by atoms with Crippen LogP contribution in [0.25, 0.3) is 0 Å². The van der Waals surface area contributed by atoms with Gasteiger partial charge in [0.05, 0.1) is 0 Å². The summed E-state index contributed by atoms with van der Waals surface area (Å²) in [4.78, 5) is 11.9. The second kappa shape index (κ2) is 4.49. The number of carbonyl (C=O) groups is 1. The normalized spacial score (nSPS) is 21.0. The Kier molecular flexibility index (Phi) is 3.20. The molecule has 17 heavy (non-hydrogen) atoms. The molecule has 0 heterocycles. The minimum absolute atomic E-state index is 0.149. The molecule has 1 atom stereocenters. The second-order valence-corrected chi connectivity index (χ2v) is 5.46. The lowest BCUT2D eigenvalue weighted by molar-refractivity contribution is -0.117. The molecule has 0 bridgehead atoms. The maximum absolute atomic E-state index is 11.9. The van der Waals surface area contributed by atoms with E-state index in [-0.39, 0.29) is 17.2 Å². The number of anilines is 1. The highest BCUT2D eigenvalue weighted by atomic mass is 16.2. The zero-order chi connectivity index (χ0) is 12.5. The molecule has 0 spiro atoms. The third kappa shape index (κ3) is 2.86. The van der Waals surface area contributed by atoms with Crippen molar-refractivity contribution in [2.24, 2.45) is 11.3 Å². The van der Waals surface area contributed by atoms with E-state index >= 15 is 0 Å². The molecular weight excluding hydrogens is 212 g/mol. The SMILES string of the molecule is CNCc1ccc(NC(=O)C2CC2(C)C)cc1. The summed E-state index contributed by atoms with van der Waals surface area (Å²) in [6.45, 7) is 5.12. The van der Waals surface area contributed by atoms with E-state index in [4.69, 9.17) is 0 Å². The predicted octanol–water partition coefficient (Wildman–Crippen LogP) is 2.39. The molecule has 2 N–H and O–H groups in total. The summed E-state index contributed by atoms with van der Waals surface area (Å²) in [5, 5.41) is 6.07. The van der Waals surface area contributed by atoms with Crippen LogP contribution in [-0.4, -0.2) is 13.0 Å². The van der Waals surface area contributed by atoms with Crippen molar-refractivity contribution in [1.29, 1.82) is 0 Å². The van der Waals surface area contributed by atoms with Gasteiger partial charge in [-0.15, -0.1) is 0 Å². The maximum Gasteiger partial charge on any atom is 0.228 e. The van der Waals surface area contributed by atoms with Crippen LogP contribution in [0.15, 0.2) is 24.3 Å². The first-order chi connectivity index (χ1) is 8.03. The van der Waals surface area contributed by atoms with Crippen LogP contribution in [0.3, 0.4) is 0 Å². The average Bonchev–Trinajstić information content (AvgIpc) is 2.91. The summed E-state index contributed by atoms with van der Waals surface area (Å²) in [6.07, 6.45) is 0.997. The molecule has 1 aromatic rings. The lowest BCUT2D eigenvalue weighted by atomic mass is 10.1. The van der Waals surface area contributed by atoms with Crippen LogP contribution in [0.5, 0.6) is 0 Å². The number of carbonyl (C=O) groups excluding carboxylic acids is 1. The van der Waals surface area contributed by atoms with Crippen molar-refractivity contribution in [2.75, 3.05) is 12.4 Å². The van der Waals surface area contributed by atoms with E-state index in [9.17, 15) is 4.79 Å². The van der Waals surface area contributed by atoms with Gasteiger partial charge in [-0.1, -0.05) is 26.0 Å². The van der Waals surface area contributed by atoms with Crippen LogP contribution in [-0.2, 0) is 11.3 Å².